The molecule has 0 fully saturated rings. The van der Waals surface area contributed by atoms with E-state index in [1.165, 1.54) is 29.7 Å². The number of benzene rings is 1. The Bertz CT molecular complexity index is 501. The van der Waals surface area contributed by atoms with Gasteiger partial charge in [-0.2, -0.15) is 0 Å². The molecule has 1 aromatic heterocycles. The fourth-order valence-electron chi connectivity index (χ4n) is 1.26. The maximum atomic E-state index is 12.0. The minimum atomic E-state index is -4.68. The number of hydrogen-bond acceptors (Lipinski definition) is 5. The first-order valence-corrected chi connectivity index (χ1v) is 5.72. The van der Waals surface area contributed by atoms with Gasteiger partial charge in [-0.1, -0.05) is 10.6 Å². The molecule has 0 aliphatic rings. The van der Waals surface area contributed by atoms with Crippen LogP contribution in [0.5, 0.6) is 5.75 Å². The van der Waals surface area contributed by atoms with Crippen molar-refractivity contribution in [1.82, 2.24) is 9.59 Å². The Balaban J connectivity index is 1.99. The molecule has 1 heterocycles. The van der Waals surface area contributed by atoms with E-state index in [0.717, 1.165) is 5.69 Å². The van der Waals surface area contributed by atoms with Crippen molar-refractivity contribution in [2.75, 3.05) is 5.32 Å². The van der Waals surface area contributed by atoms with Crippen molar-refractivity contribution in [1.29, 1.82) is 0 Å². The zero-order valence-electron chi connectivity index (χ0n) is 8.94. The van der Waals surface area contributed by atoms with Crippen LogP contribution in [0.25, 0.3) is 0 Å². The van der Waals surface area contributed by atoms with Crippen LogP contribution in [0.1, 0.15) is 5.69 Å². The third-order valence-electron chi connectivity index (χ3n) is 1.95. The smallest absolute Gasteiger partial charge is 0.406 e. The fourth-order valence-corrected chi connectivity index (χ4v) is 1.71. The number of anilines is 1. The molecule has 8 heteroatoms. The van der Waals surface area contributed by atoms with Crippen molar-refractivity contribution in [2.24, 2.45) is 0 Å². The van der Waals surface area contributed by atoms with Crippen LogP contribution in [0.3, 0.4) is 0 Å². The number of alkyl halides is 3. The van der Waals surface area contributed by atoms with Gasteiger partial charge < -0.3 is 10.1 Å². The van der Waals surface area contributed by atoms with Crippen molar-refractivity contribution in [3.05, 3.63) is 35.3 Å². The highest BCUT2D eigenvalue weighted by Gasteiger charge is 2.31. The molecule has 1 aromatic carbocycles. The first kappa shape index (κ1) is 12.6. The monoisotopic (exact) mass is 275 g/mol. The van der Waals surface area contributed by atoms with Crippen LogP contribution in [0, 0.1) is 0 Å². The van der Waals surface area contributed by atoms with Crippen molar-refractivity contribution in [2.45, 2.75) is 12.9 Å². The Morgan fingerprint density at radius 3 is 2.83 bits per heavy atom. The summed E-state index contributed by atoms with van der Waals surface area (Å²) < 4.78 is 43.6. The predicted molar refractivity (Wildman–Crippen MR) is 60.4 cm³/mol. The number of nitrogens with zero attached hydrogens (tertiary/aromatic N) is 2. The maximum absolute atomic E-state index is 12.0. The quantitative estimate of drug-likeness (QED) is 0.931. The molecule has 2 aromatic rings. The average Bonchev–Trinajstić information content (AvgIpc) is 2.77. The summed E-state index contributed by atoms with van der Waals surface area (Å²) in [6.45, 7) is 0.395. The van der Waals surface area contributed by atoms with Crippen LogP contribution >= 0.6 is 11.5 Å². The number of ether oxygens (including phenoxy) is 1. The molecule has 96 valence electrons. The first-order valence-electron chi connectivity index (χ1n) is 4.88. The van der Waals surface area contributed by atoms with Gasteiger partial charge in [0.2, 0.25) is 0 Å². The van der Waals surface area contributed by atoms with Crippen LogP contribution in [0.4, 0.5) is 18.9 Å². The topological polar surface area (TPSA) is 47.0 Å². The number of aromatic nitrogens is 2. The van der Waals surface area contributed by atoms with Gasteiger partial charge in [-0.05, 0) is 23.7 Å². The van der Waals surface area contributed by atoms with E-state index in [9.17, 15) is 13.2 Å². The van der Waals surface area contributed by atoms with Crippen molar-refractivity contribution in [3.8, 4) is 5.75 Å². The van der Waals surface area contributed by atoms with Crippen LogP contribution in [-0.2, 0) is 6.54 Å². The maximum Gasteiger partial charge on any atom is 0.573 e. The SMILES string of the molecule is FC(F)(F)Oc1cccc(NCc2csnn2)c1. The molecule has 0 aliphatic heterocycles. The highest BCUT2D eigenvalue weighted by Crippen LogP contribution is 2.25. The third-order valence-corrected chi connectivity index (χ3v) is 2.50. The number of halogens is 3. The summed E-state index contributed by atoms with van der Waals surface area (Å²) in [6.07, 6.45) is -4.68. The van der Waals surface area contributed by atoms with E-state index in [1.807, 2.05) is 0 Å². The third kappa shape index (κ3) is 3.88. The van der Waals surface area contributed by atoms with Gasteiger partial charge in [0.1, 0.15) is 5.75 Å². The van der Waals surface area contributed by atoms with E-state index in [1.54, 1.807) is 11.4 Å². The zero-order chi connectivity index (χ0) is 13.0. The Hall–Kier alpha value is -1.83. The molecule has 1 N–H and O–H groups in total. The molecular weight excluding hydrogens is 267 g/mol. The summed E-state index contributed by atoms with van der Waals surface area (Å²) in [7, 11) is 0. The van der Waals surface area contributed by atoms with Crippen LogP contribution in [0.15, 0.2) is 29.6 Å². The molecule has 0 atom stereocenters. The number of nitrogens with one attached hydrogen (secondary N) is 1. The van der Waals surface area contributed by atoms with E-state index in [4.69, 9.17) is 0 Å². The summed E-state index contributed by atoms with van der Waals surface area (Å²) in [4.78, 5) is 0. The van der Waals surface area contributed by atoms with E-state index in [0.29, 0.717) is 12.2 Å². The Morgan fingerprint density at radius 1 is 1.33 bits per heavy atom. The van der Waals surface area contributed by atoms with Gasteiger partial charge in [0.05, 0.1) is 12.2 Å². The lowest BCUT2D eigenvalue weighted by Crippen LogP contribution is -2.17. The average molecular weight is 275 g/mol. The molecule has 0 saturated carbocycles. The van der Waals surface area contributed by atoms with Crippen molar-refractivity contribution < 1.29 is 17.9 Å². The Kier molecular flexibility index (Phi) is 3.66. The van der Waals surface area contributed by atoms with Gasteiger partial charge in [-0.25, -0.2) is 0 Å². The van der Waals surface area contributed by atoms with Gasteiger partial charge >= 0.3 is 6.36 Å². The van der Waals surface area contributed by atoms with Crippen LogP contribution in [0.2, 0.25) is 0 Å². The highest BCUT2D eigenvalue weighted by molar-refractivity contribution is 7.03. The highest BCUT2D eigenvalue weighted by atomic mass is 32.1. The largest absolute Gasteiger partial charge is 0.573 e. The van der Waals surface area contributed by atoms with Gasteiger partial charge in [-0.15, -0.1) is 18.3 Å². The number of rotatable bonds is 4. The summed E-state index contributed by atoms with van der Waals surface area (Å²) in [5, 5.41) is 8.49. The minimum Gasteiger partial charge on any atom is -0.406 e. The molecule has 2 rings (SSSR count). The normalized spacial score (nSPS) is 11.3. The second-order valence-electron chi connectivity index (χ2n) is 3.33. The van der Waals surface area contributed by atoms with E-state index >= 15 is 0 Å². The zero-order valence-corrected chi connectivity index (χ0v) is 9.76. The molecule has 0 aliphatic carbocycles. The Morgan fingerprint density at radius 2 is 2.17 bits per heavy atom. The predicted octanol–water partition coefficient (Wildman–Crippen LogP) is 3.05. The van der Waals surface area contributed by atoms with Gasteiger partial charge in [0, 0.05) is 17.1 Å². The lowest BCUT2D eigenvalue weighted by atomic mass is 10.3. The van der Waals surface area contributed by atoms with Gasteiger partial charge in [-0.3, -0.25) is 0 Å². The molecule has 0 bridgehead atoms. The molecule has 0 saturated heterocycles. The second-order valence-corrected chi connectivity index (χ2v) is 3.94. The Labute approximate surface area is 105 Å². The summed E-state index contributed by atoms with van der Waals surface area (Å²) in [5.74, 6) is -0.260. The first-order chi connectivity index (χ1) is 8.53. The summed E-state index contributed by atoms with van der Waals surface area (Å²) in [5.41, 5.74) is 1.24. The summed E-state index contributed by atoms with van der Waals surface area (Å²) >= 11 is 1.21. The molecule has 0 spiro atoms. The van der Waals surface area contributed by atoms with Crippen molar-refractivity contribution >= 4 is 17.2 Å². The molecule has 18 heavy (non-hydrogen) atoms. The number of hydrogen-bond donors (Lipinski definition) is 1. The fraction of sp³-hybridized carbons (Fsp3) is 0.200. The minimum absolute atomic E-state index is 0.260. The van der Waals surface area contributed by atoms with E-state index in [2.05, 4.69) is 19.6 Å². The molecule has 0 amide bonds. The van der Waals surface area contributed by atoms with Gasteiger partial charge in [0.15, 0.2) is 0 Å². The van der Waals surface area contributed by atoms with Crippen molar-refractivity contribution in [3.63, 3.8) is 0 Å². The lowest BCUT2D eigenvalue weighted by molar-refractivity contribution is -0.274. The molecule has 0 unspecified atom stereocenters. The standard InChI is InChI=1S/C10H8F3N3OS/c11-10(12,13)17-9-3-1-2-7(4-9)14-5-8-6-18-16-15-8/h1-4,6,14H,5H2. The van der Waals surface area contributed by atoms with E-state index in [-0.39, 0.29) is 5.75 Å². The van der Waals surface area contributed by atoms with Crippen LogP contribution in [-0.4, -0.2) is 15.9 Å². The lowest BCUT2D eigenvalue weighted by Gasteiger charge is -2.10. The molecule has 0 radical (unpaired) electrons. The molecule has 4 nitrogen and oxygen atoms in total. The second kappa shape index (κ2) is 5.21. The summed E-state index contributed by atoms with van der Waals surface area (Å²) in [6, 6.07) is 5.63. The van der Waals surface area contributed by atoms with Gasteiger partial charge in [0.25, 0.3) is 0 Å². The van der Waals surface area contributed by atoms with Crippen LogP contribution < -0.4 is 10.1 Å². The molecular formula is C10H8F3N3OS. The van der Waals surface area contributed by atoms with E-state index < -0.39 is 6.36 Å².